The highest BCUT2D eigenvalue weighted by molar-refractivity contribution is 7.98. The van der Waals surface area contributed by atoms with E-state index >= 15 is 0 Å². The molecule has 86 valence electrons. The van der Waals surface area contributed by atoms with Crippen LogP contribution in [-0.4, -0.2) is 41.6 Å². The molecule has 0 unspecified atom stereocenters. The molecule has 4 nitrogen and oxygen atoms in total. The van der Waals surface area contributed by atoms with Gasteiger partial charge in [-0.25, -0.2) is 0 Å². The van der Waals surface area contributed by atoms with E-state index in [2.05, 4.69) is 5.32 Å². The first-order valence-corrected chi connectivity index (χ1v) is 6.27. The van der Waals surface area contributed by atoms with Gasteiger partial charge in [0.05, 0.1) is 0 Å². The summed E-state index contributed by atoms with van der Waals surface area (Å²) in [6.07, 6.45) is 1.98. The third-order valence-corrected chi connectivity index (χ3v) is 2.68. The average Bonchev–Trinajstić information content (AvgIpc) is 2.29. The molecule has 0 radical (unpaired) electrons. The number of amides is 1. The average molecular weight is 239 g/mol. The Morgan fingerprint density at radius 2 is 2.00 bits per heavy atom. The molecule has 0 bridgehead atoms. The standard InChI is InChI=1S/C10H14BNO3S/c1-16-7-6-12-10(13)8-2-4-9(5-3-8)11(14)15/h2-5,14-15H,6-7H2,1H3,(H,12,13). The Morgan fingerprint density at radius 1 is 1.38 bits per heavy atom. The van der Waals surface area contributed by atoms with Crippen molar-refractivity contribution in [2.75, 3.05) is 18.6 Å². The van der Waals surface area contributed by atoms with Gasteiger partial charge < -0.3 is 15.4 Å². The van der Waals surface area contributed by atoms with Gasteiger partial charge in [-0.1, -0.05) is 12.1 Å². The summed E-state index contributed by atoms with van der Waals surface area (Å²) in [5, 5.41) is 20.5. The van der Waals surface area contributed by atoms with Crippen LogP contribution in [0.15, 0.2) is 24.3 Å². The summed E-state index contributed by atoms with van der Waals surface area (Å²) in [7, 11) is -1.49. The summed E-state index contributed by atoms with van der Waals surface area (Å²) in [4.78, 5) is 11.6. The number of rotatable bonds is 5. The van der Waals surface area contributed by atoms with E-state index in [1.165, 1.54) is 12.1 Å². The van der Waals surface area contributed by atoms with Gasteiger partial charge in [0, 0.05) is 17.9 Å². The summed E-state index contributed by atoms with van der Waals surface area (Å²) in [6, 6.07) is 6.19. The van der Waals surface area contributed by atoms with Crippen LogP contribution in [0.5, 0.6) is 0 Å². The first-order chi connectivity index (χ1) is 7.65. The van der Waals surface area contributed by atoms with Crippen molar-refractivity contribution in [2.24, 2.45) is 0 Å². The van der Waals surface area contributed by atoms with Gasteiger partial charge in [0.2, 0.25) is 0 Å². The zero-order valence-electron chi connectivity index (χ0n) is 9.01. The van der Waals surface area contributed by atoms with Gasteiger partial charge in [-0.15, -0.1) is 0 Å². The number of carbonyl (C=O) groups is 1. The third kappa shape index (κ3) is 3.88. The van der Waals surface area contributed by atoms with Crippen LogP contribution in [0.1, 0.15) is 10.4 Å². The monoisotopic (exact) mass is 239 g/mol. The molecule has 6 heteroatoms. The number of thioether (sulfide) groups is 1. The van der Waals surface area contributed by atoms with Crippen molar-refractivity contribution in [1.82, 2.24) is 5.32 Å². The normalized spacial score (nSPS) is 9.94. The van der Waals surface area contributed by atoms with E-state index in [1.807, 2.05) is 6.26 Å². The molecular weight excluding hydrogens is 225 g/mol. The quantitative estimate of drug-likeness (QED) is 0.476. The second-order valence-corrected chi connectivity index (χ2v) is 4.23. The summed E-state index contributed by atoms with van der Waals surface area (Å²) < 4.78 is 0. The van der Waals surface area contributed by atoms with Crippen LogP contribution in [-0.2, 0) is 0 Å². The fourth-order valence-electron chi connectivity index (χ4n) is 1.18. The molecule has 0 saturated heterocycles. The highest BCUT2D eigenvalue weighted by Crippen LogP contribution is 1.97. The molecule has 0 aliphatic carbocycles. The Morgan fingerprint density at radius 3 is 2.50 bits per heavy atom. The molecule has 1 aromatic carbocycles. The molecular formula is C10H14BNO3S. The van der Waals surface area contributed by atoms with E-state index in [0.717, 1.165) is 5.75 Å². The van der Waals surface area contributed by atoms with Gasteiger partial charge in [0.25, 0.3) is 5.91 Å². The molecule has 1 aromatic rings. The lowest BCUT2D eigenvalue weighted by Gasteiger charge is -2.05. The largest absolute Gasteiger partial charge is 0.488 e. The maximum Gasteiger partial charge on any atom is 0.488 e. The number of hydrogen-bond donors (Lipinski definition) is 3. The Balaban J connectivity index is 2.56. The fraction of sp³-hybridized carbons (Fsp3) is 0.300. The van der Waals surface area contributed by atoms with Crippen molar-refractivity contribution in [3.8, 4) is 0 Å². The molecule has 1 rings (SSSR count). The van der Waals surface area contributed by atoms with Crippen LogP contribution in [0.4, 0.5) is 0 Å². The van der Waals surface area contributed by atoms with Crippen molar-refractivity contribution in [2.45, 2.75) is 0 Å². The van der Waals surface area contributed by atoms with Crippen LogP contribution in [0, 0.1) is 0 Å². The number of benzene rings is 1. The Hall–Kier alpha value is -0.975. The predicted molar refractivity (Wildman–Crippen MR) is 67.0 cm³/mol. The van der Waals surface area contributed by atoms with Crippen molar-refractivity contribution >= 4 is 30.3 Å². The van der Waals surface area contributed by atoms with E-state index in [0.29, 0.717) is 17.6 Å². The SMILES string of the molecule is CSCCNC(=O)c1ccc(B(O)O)cc1. The highest BCUT2D eigenvalue weighted by atomic mass is 32.2. The minimum Gasteiger partial charge on any atom is -0.423 e. The topological polar surface area (TPSA) is 69.6 Å². The minimum absolute atomic E-state index is 0.145. The summed E-state index contributed by atoms with van der Waals surface area (Å²) in [5.74, 6) is 0.729. The molecule has 16 heavy (non-hydrogen) atoms. The zero-order valence-corrected chi connectivity index (χ0v) is 9.83. The van der Waals surface area contributed by atoms with Gasteiger partial charge in [-0.2, -0.15) is 11.8 Å². The molecule has 0 aromatic heterocycles. The molecule has 0 spiro atoms. The highest BCUT2D eigenvalue weighted by Gasteiger charge is 2.11. The molecule has 0 fully saturated rings. The molecule has 0 aliphatic rings. The maximum atomic E-state index is 11.6. The molecule has 0 atom stereocenters. The lowest BCUT2D eigenvalue weighted by molar-refractivity contribution is 0.0956. The van der Waals surface area contributed by atoms with E-state index < -0.39 is 7.12 Å². The van der Waals surface area contributed by atoms with Crippen LogP contribution >= 0.6 is 11.8 Å². The molecule has 0 heterocycles. The fourth-order valence-corrected chi connectivity index (χ4v) is 1.48. The van der Waals surface area contributed by atoms with Crippen LogP contribution in [0.25, 0.3) is 0 Å². The van der Waals surface area contributed by atoms with Crippen molar-refractivity contribution < 1.29 is 14.8 Å². The van der Waals surface area contributed by atoms with Crippen molar-refractivity contribution in [3.05, 3.63) is 29.8 Å². The Kier molecular flexibility index (Phi) is 5.38. The van der Waals surface area contributed by atoms with Gasteiger partial charge in [-0.05, 0) is 23.9 Å². The van der Waals surface area contributed by atoms with Crippen LogP contribution in [0.3, 0.4) is 0 Å². The number of hydrogen-bond acceptors (Lipinski definition) is 4. The predicted octanol–water partition coefficient (Wildman–Crippen LogP) is -0.541. The first-order valence-electron chi connectivity index (χ1n) is 4.88. The summed E-state index contributed by atoms with van der Waals surface area (Å²) >= 11 is 1.66. The number of nitrogens with one attached hydrogen (secondary N) is 1. The molecule has 0 aliphatic heterocycles. The summed E-state index contributed by atoms with van der Waals surface area (Å²) in [5.41, 5.74) is 0.895. The van der Waals surface area contributed by atoms with Crippen molar-refractivity contribution in [3.63, 3.8) is 0 Å². The third-order valence-electron chi connectivity index (χ3n) is 2.06. The minimum atomic E-state index is -1.49. The van der Waals surface area contributed by atoms with Gasteiger partial charge in [-0.3, -0.25) is 4.79 Å². The summed E-state index contributed by atoms with van der Waals surface area (Å²) in [6.45, 7) is 0.629. The Labute approximate surface area is 99.2 Å². The van der Waals surface area contributed by atoms with E-state index in [9.17, 15) is 4.79 Å². The zero-order chi connectivity index (χ0) is 12.0. The first kappa shape index (κ1) is 13.1. The lowest BCUT2D eigenvalue weighted by Crippen LogP contribution is -2.30. The van der Waals surface area contributed by atoms with Crippen LogP contribution < -0.4 is 10.8 Å². The second kappa shape index (κ2) is 6.57. The van der Waals surface area contributed by atoms with E-state index in [-0.39, 0.29) is 5.91 Å². The van der Waals surface area contributed by atoms with E-state index in [1.54, 1.807) is 23.9 Å². The Bertz CT molecular complexity index is 342. The van der Waals surface area contributed by atoms with Gasteiger partial charge >= 0.3 is 7.12 Å². The molecule has 3 N–H and O–H groups in total. The smallest absolute Gasteiger partial charge is 0.423 e. The second-order valence-electron chi connectivity index (χ2n) is 3.24. The molecule has 1 amide bonds. The molecule has 0 saturated carbocycles. The maximum absolute atomic E-state index is 11.6. The van der Waals surface area contributed by atoms with Gasteiger partial charge in [0.1, 0.15) is 0 Å². The van der Waals surface area contributed by atoms with E-state index in [4.69, 9.17) is 10.0 Å². The van der Waals surface area contributed by atoms with Gasteiger partial charge in [0.15, 0.2) is 0 Å². The lowest BCUT2D eigenvalue weighted by atomic mass is 9.80. The van der Waals surface area contributed by atoms with Crippen LogP contribution in [0.2, 0.25) is 0 Å². The van der Waals surface area contributed by atoms with Crippen molar-refractivity contribution in [1.29, 1.82) is 0 Å². The number of carbonyl (C=O) groups excluding carboxylic acids is 1.